The van der Waals surface area contributed by atoms with Gasteiger partial charge in [-0.25, -0.2) is 0 Å². The van der Waals surface area contributed by atoms with Crippen LogP contribution in [0.1, 0.15) is 6.92 Å². The lowest BCUT2D eigenvalue weighted by molar-refractivity contribution is -0.140. The first-order valence-corrected chi connectivity index (χ1v) is 13.2. The number of hydrogen-bond donors (Lipinski definition) is 2. The van der Waals surface area contributed by atoms with Crippen LogP contribution in [0.15, 0.2) is 45.1 Å². The third-order valence-electron chi connectivity index (χ3n) is 5.68. The quantitative estimate of drug-likeness (QED) is 0.542. The predicted octanol–water partition coefficient (Wildman–Crippen LogP) is 1.30. The molecule has 0 radical (unpaired) electrons. The number of thioether (sulfide) groups is 2. The molecular weight excluding hydrogens is 531 g/mol. The van der Waals surface area contributed by atoms with Crippen molar-refractivity contribution in [3.8, 4) is 0 Å². The van der Waals surface area contributed by atoms with Crippen LogP contribution in [-0.2, 0) is 20.9 Å². The summed E-state index contributed by atoms with van der Waals surface area (Å²) < 4.78 is 1.64. The van der Waals surface area contributed by atoms with Crippen LogP contribution in [0.2, 0.25) is 0 Å². The first-order chi connectivity index (χ1) is 16.7. The third-order valence-corrected chi connectivity index (χ3v) is 9.59. The zero-order valence-corrected chi connectivity index (χ0v) is 21.4. The number of thiazole rings is 1. The number of carbonyl (C=O) groups excluding carboxylic acids is 1. The number of nitrogens with zero attached hydrogens (tertiary/aromatic N) is 3. The van der Waals surface area contributed by atoms with Crippen molar-refractivity contribution in [2.75, 3.05) is 18.0 Å². The molecule has 1 saturated heterocycles. The molecule has 0 bridgehead atoms. The number of thiocarbonyl (C=S) groups is 1. The molecule has 0 aliphatic carbocycles. The van der Waals surface area contributed by atoms with Crippen LogP contribution in [0.5, 0.6) is 0 Å². The maximum atomic E-state index is 13.4. The molecule has 1 amide bonds. The number of hydrogen-bond acceptors (Lipinski definition) is 9. The number of benzene rings is 1. The van der Waals surface area contributed by atoms with Crippen LogP contribution in [0.4, 0.5) is 5.69 Å². The van der Waals surface area contributed by atoms with Gasteiger partial charge in [-0.15, -0.1) is 11.3 Å². The number of para-hydroxylation sites is 1. The van der Waals surface area contributed by atoms with Gasteiger partial charge in [-0.3, -0.25) is 28.6 Å². The van der Waals surface area contributed by atoms with Gasteiger partial charge in [0.05, 0.1) is 15.2 Å². The number of carboxylic acid groups (broad SMARTS) is 2. The molecule has 4 heterocycles. The summed E-state index contributed by atoms with van der Waals surface area (Å²) in [6.07, 6.45) is 1.95. The lowest BCUT2D eigenvalue weighted by atomic mass is 9.97. The van der Waals surface area contributed by atoms with Gasteiger partial charge < -0.3 is 15.1 Å². The average Bonchev–Trinajstić information content (AvgIpc) is 3.40. The molecule has 5 rings (SSSR count). The maximum Gasteiger partial charge on any atom is 0.323 e. The summed E-state index contributed by atoms with van der Waals surface area (Å²) >= 11 is 8.70. The average molecular weight is 548 g/mol. The SMILES string of the molecule is CC1CN2C(=CC1=c1sc(=C3SC(=S)N(CC(=O)O)C3=O)n(CC(=O)O)c1=O)Sc1ccccc12. The van der Waals surface area contributed by atoms with E-state index in [0.717, 1.165) is 53.8 Å². The lowest BCUT2D eigenvalue weighted by Gasteiger charge is -2.29. The first kappa shape index (κ1) is 23.9. The maximum absolute atomic E-state index is 13.4. The Morgan fingerprint density at radius 1 is 1.11 bits per heavy atom. The van der Waals surface area contributed by atoms with Gasteiger partial charge >= 0.3 is 11.9 Å². The van der Waals surface area contributed by atoms with E-state index in [2.05, 4.69) is 11.0 Å². The van der Waals surface area contributed by atoms with Gasteiger partial charge in [0.15, 0.2) is 0 Å². The van der Waals surface area contributed by atoms with E-state index in [1.165, 1.54) is 0 Å². The molecule has 35 heavy (non-hydrogen) atoms. The van der Waals surface area contributed by atoms with Crippen LogP contribution in [0.25, 0.3) is 10.5 Å². The van der Waals surface area contributed by atoms with E-state index in [0.29, 0.717) is 11.1 Å². The van der Waals surface area contributed by atoms with Crippen molar-refractivity contribution in [1.29, 1.82) is 0 Å². The fourth-order valence-corrected chi connectivity index (χ4v) is 7.93. The summed E-state index contributed by atoms with van der Waals surface area (Å²) in [6, 6.07) is 8.04. The largest absolute Gasteiger partial charge is 0.480 e. The van der Waals surface area contributed by atoms with Crippen LogP contribution >= 0.6 is 47.1 Å². The summed E-state index contributed by atoms with van der Waals surface area (Å²) in [5, 5.41) is 19.5. The number of aliphatic carboxylic acids is 2. The van der Waals surface area contributed by atoms with Crippen molar-refractivity contribution in [3.63, 3.8) is 0 Å². The van der Waals surface area contributed by atoms with Gasteiger partial charge in [0.2, 0.25) is 0 Å². The van der Waals surface area contributed by atoms with Gasteiger partial charge in [0, 0.05) is 17.4 Å². The number of carbonyl (C=O) groups is 3. The number of anilines is 1. The van der Waals surface area contributed by atoms with Crippen molar-refractivity contribution in [2.24, 2.45) is 5.92 Å². The summed E-state index contributed by atoms with van der Waals surface area (Å²) in [6.45, 7) is 1.42. The smallest absolute Gasteiger partial charge is 0.323 e. The molecule has 1 atom stereocenters. The molecule has 2 N–H and O–H groups in total. The Balaban J connectivity index is 1.71. The molecule has 1 aromatic heterocycles. The standard InChI is InChI=1S/C22H17N3O6S4/c1-10-7-23-12-4-2-3-5-13(12)33-14(23)6-11(10)17-19(30)24(8-15(26)27)21(34-17)18-20(31)25(9-16(28)29)22(32)35-18/h2-6,10H,7-9H2,1H3,(H,26,27)(H,28,29). The number of carboxylic acids is 2. The van der Waals surface area contributed by atoms with Crippen molar-refractivity contribution in [1.82, 2.24) is 9.47 Å². The Hall–Kier alpha value is -2.87. The van der Waals surface area contributed by atoms with E-state index in [1.807, 2.05) is 31.2 Å². The number of fused-ring (bicyclic) bond motifs is 3. The Labute approximate surface area is 216 Å². The minimum absolute atomic E-state index is 0.0375. The van der Waals surface area contributed by atoms with Crippen molar-refractivity contribution >= 4 is 85.4 Å². The summed E-state index contributed by atoms with van der Waals surface area (Å²) in [5.41, 5.74) is 1.39. The minimum Gasteiger partial charge on any atom is -0.480 e. The Bertz CT molecular complexity index is 1540. The fraction of sp³-hybridized carbons (Fsp3) is 0.227. The van der Waals surface area contributed by atoms with Crippen LogP contribution in [0, 0.1) is 5.92 Å². The second-order valence-electron chi connectivity index (χ2n) is 8.02. The van der Waals surface area contributed by atoms with Gasteiger partial charge in [-0.1, -0.05) is 54.8 Å². The Kier molecular flexibility index (Phi) is 6.11. The molecule has 3 aliphatic rings. The monoisotopic (exact) mass is 547 g/mol. The first-order valence-electron chi connectivity index (χ1n) is 10.4. The molecule has 180 valence electrons. The van der Waals surface area contributed by atoms with Gasteiger partial charge in [0.1, 0.15) is 27.0 Å². The van der Waals surface area contributed by atoms with Crippen LogP contribution in [0.3, 0.4) is 0 Å². The Morgan fingerprint density at radius 2 is 1.83 bits per heavy atom. The minimum atomic E-state index is -1.23. The Morgan fingerprint density at radius 3 is 2.54 bits per heavy atom. The topological polar surface area (TPSA) is 120 Å². The normalized spacial score (nSPS) is 22.3. The summed E-state index contributed by atoms with van der Waals surface area (Å²) in [5.74, 6) is -3.14. The molecular formula is C22H17N3O6S4. The summed E-state index contributed by atoms with van der Waals surface area (Å²) in [7, 11) is 0. The number of aromatic nitrogens is 1. The van der Waals surface area contributed by atoms with Crippen molar-refractivity contribution in [3.05, 3.63) is 54.9 Å². The van der Waals surface area contributed by atoms with E-state index >= 15 is 0 Å². The second kappa shape index (κ2) is 8.97. The van der Waals surface area contributed by atoms with Gasteiger partial charge in [-0.05, 0) is 23.8 Å². The molecule has 9 nitrogen and oxygen atoms in total. The zero-order chi connectivity index (χ0) is 25.0. The molecule has 0 spiro atoms. The molecule has 0 saturated carbocycles. The highest BCUT2D eigenvalue weighted by Crippen LogP contribution is 2.48. The number of rotatable bonds is 4. The van der Waals surface area contributed by atoms with E-state index in [-0.39, 0.29) is 19.8 Å². The molecule has 2 aromatic rings. The van der Waals surface area contributed by atoms with Crippen LogP contribution in [-0.4, -0.2) is 54.9 Å². The van der Waals surface area contributed by atoms with Gasteiger partial charge in [0.25, 0.3) is 11.5 Å². The number of amides is 1. The van der Waals surface area contributed by atoms with Crippen molar-refractivity contribution < 1.29 is 24.6 Å². The molecule has 3 aliphatic heterocycles. The van der Waals surface area contributed by atoms with E-state index < -0.39 is 36.5 Å². The van der Waals surface area contributed by atoms with Gasteiger partial charge in [-0.2, -0.15) is 0 Å². The molecule has 1 unspecified atom stereocenters. The van der Waals surface area contributed by atoms with E-state index in [4.69, 9.17) is 17.3 Å². The highest BCUT2D eigenvalue weighted by Gasteiger charge is 2.36. The van der Waals surface area contributed by atoms with E-state index in [1.54, 1.807) is 11.8 Å². The zero-order valence-electron chi connectivity index (χ0n) is 18.1. The van der Waals surface area contributed by atoms with E-state index in [9.17, 15) is 24.3 Å². The lowest BCUT2D eigenvalue weighted by Crippen LogP contribution is -2.38. The fourth-order valence-electron chi connectivity index (χ4n) is 4.12. The molecule has 1 aromatic carbocycles. The predicted molar refractivity (Wildman–Crippen MR) is 139 cm³/mol. The third kappa shape index (κ3) is 4.11. The number of allylic oxidation sites excluding steroid dienone is 1. The van der Waals surface area contributed by atoms with Crippen molar-refractivity contribution in [2.45, 2.75) is 18.4 Å². The summed E-state index contributed by atoms with van der Waals surface area (Å²) in [4.78, 5) is 53.5. The second-order valence-corrected chi connectivity index (χ2v) is 11.7. The highest BCUT2D eigenvalue weighted by molar-refractivity contribution is 8.30. The molecule has 1 fully saturated rings. The molecule has 13 heteroatoms. The highest BCUT2D eigenvalue weighted by atomic mass is 32.2. The van der Waals surface area contributed by atoms with Crippen LogP contribution < -0.4 is 19.7 Å².